The van der Waals surface area contributed by atoms with Crippen molar-refractivity contribution >= 4 is 41.4 Å². The van der Waals surface area contributed by atoms with E-state index in [1.54, 1.807) is 18.2 Å². The number of nitrogens with zero attached hydrogens (tertiary/aromatic N) is 1. The molecular formula is C23H19Cl2NO4. The third-order valence-electron chi connectivity index (χ3n) is 4.50. The van der Waals surface area contributed by atoms with Gasteiger partial charge < -0.3 is 9.84 Å². The standard InChI is InChI=1S/C23H19Cl2NO4/c1-2-15-4-3-5-18(12-15)30-14-21-19(24)13-20(25)22(27)26(21)11-10-16-6-8-17(9-7-16)23(28)29/h3-13H,2,14H2,1H3,(H,28,29)/b11-10+. The zero-order chi connectivity index (χ0) is 21.7. The summed E-state index contributed by atoms with van der Waals surface area (Å²) in [5.41, 5.74) is 2.05. The highest BCUT2D eigenvalue weighted by atomic mass is 35.5. The SMILES string of the molecule is CCc1cccc(OCc2c(Cl)cc(Cl)c(=O)n2/C=C/c2ccc(C(=O)O)cc2)c1. The van der Waals surface area contributed by atoms with Crippen molar-refractivity contribution in [3.8, 4) is 5.75 Å². The van der Waals surface area contributed by atoms with E-state index in [-0.39, 0.29) is 17.2 Å². The van der Waals surface area contributed by atoms with Gasteiger partial charge in [0.25, 0.3) is 5.56 Å². The molecule has 154 valence electrons. The smallest absolute Gasteiger partial charge is 0.335 e. The van der Waals surface area contributed by atoms with Crippen LogP contribution in [0.2, 0.25) is 10.0 Å². The Morgan fingerprint density at radius 2 is 1.83 bits per heavy atom. The Labute approximate surface area is 183 Å². The molecule has 0 aliphatic rings. The van der Waals surface area contributed by atoms with Gasteiger partial charge in [0.05, 0.1) is 16.3 Å². The summed E-state index contributed by atoms with van der Waals surface area (Å²) in [5.74, 6) is -0.331. The lowest BCUT2D eigenvalue weighted by atomic mass is 10.1. The first-order chi connectivity index (χ1) is 14.4. The third-order valence-corrected chi connectivity index (χ3v) is 5.10. The summed E-state index contributed by atoms with van der Waals surface area (Å²) in [7, 11) is 0. The molecule has 7 heteroatoms. The number of benzene rings is 2. The summed E-state index contributed by atoms with van der Waals surface area (Å²) in [6.45, 7) is 2.13. The van der Waals surface area contributed by atoms with Crippen molar-refractivity contribution in [3.05, 3.63) is 97.4 Å². The molecule has 1 N–H and O–H groups in total. The van der Waals surface area contributed by atoms with E-state index < -0.39 is 11.5 Å². The normalized spacial score (nSPS) is 11.0. The second-order valence-corrected chi connectivity index (χ2v) is 7.31. The van der Waals surface area contributed by atoms with Gasteiger partial charge in [-0.1, -0.05) is 54.4 Å². The summed E-state index contributed by atoms with van der Waals surface area (Å²) in [5, 5.41) is 9.29. The largest absolute Gasteiger partial charge is 0.487 e. The Bertz CT molecular complexity index is 1150. The van der Waals surface area contributed by atoms with Gasteiger partial charge in [-0.15, -0.1) is 0 Å². The maximum atomic E-state index is 12.6. The van der Waals surface area contributed by atoms with E-state index in [4.69, 9.17) is 33.0 Å². The number of aromatic carboxylic acids is 1. The molecule has 3 rings (SSSR count). The predicted molar refractivity (Wildman–Crippen MR) is 119 cm³/mol. The lowest BCUT2D eigenvalue weighted by Crippen LogP contribution is -2.21. The molecule has 0 saturated heterocycles. The van der Waals surface area contributed by atoms with Gasteiger partial charge in [0, 0.05) is 6.20 Å². The molecule has 0 saturated carbocycles. The Balaban J connectivity index is 1.91. The van der Waals surface area contributed by atoms with E-state index in [0.717, 1.165) is 12.0 Å². The molecule has 1 aromatic heterocycles. The van der Waals surface area contributed by atoms with Crippen LogP contribution in [0.25, 0.3) is 12.3 Å². The number of ether oxygens (including phenoxy) is 1. The molecule has 0 radical (unpaired) electrons. The molecule has 30 heavy (non-hydrogen) atoms. The topological polar surface area (TPSA) is 68.5 Å². The number of hydrogen-bond acceptors (Lipinski definition) is 3. The van der Waals surface area contributed by atoms with Gasteiger partial charge in [-0.3, -0.25) is 9.36 Å². The number of carboxylic acids is 1. The van der Waals surface area contributed by atoms with Crippen molar-refractivity contribution in [2.75, 3.05) is 0 Å². The van der Waals surface area contributed by atoms with Gasteiger partial charge in [-0.2, -0.15) is 0 Å². The second kappa shape index (κ2) is 9.65. The average Bonchev–Trinajstić information content (AvgIpc) is 2.75. The average molecular weight is 444 g/mol. The summed E-state index contributed by atoms with van der Waals surface area (Å²) in [6, 6.07) is 15.4. The molecular weight excluding hydrogens is 425 g/mol. The molecule has 5 nitrogen and oxygen atoms in total. The molecule has 0 fully saturated rings. The van der Waals surface area contributed by atoms with Crippen molar-refractivity contribution in [2.24, 2.45) is 0 Å². The molecule has 0 atom stereocenters. The predicted octanol–water partition coefficient (Wildman–Crippen LogP) is 5.62. The zero-order valence-electron chi connectivity index (χ0n) is 16.1. The van der Waals surface area contributed by atoms with Crippen molar-refractivity contribution < 1.29 is 14.6 Å². The van der Waals surface area contributed by atoms with Gasteiger partial charge in [0.15, 0.2) is 0 Å². The first-order valence-electron chi connectivity index (χ1n) is 9.21. The van der Waals surface area contributed by atoms with E-state index >= 15 is 0 Å². The Kier molecular flexibility index (Phi) is 6.98. The molecule has 0 aliphatic carbocycles. The highest BCUT2D eigenvalue weighted by Crippen LogP contribution is 2.22. The number of hydrogen-bond donors (Lipinski definition) is 1. The van der Waals surface area contributed by atoms with Crippen molar-refractivity contribution in [2.45, 2.75) is 20.0 Å². The fourth-order valence-electron chi connectivity index (χ4n) is 2.81. The maximum Gasteiger partial charge on any atom is 0.335 e. The van der Waals surface area contributed by atoms with Crippen LogP contribution in [0.3, 0.4) is 0 Å². The molecule has 1 heterocycles. The Morgan fingerprint density at radius 1 is 1.10 bits per heavy atom. The Hall–Kier alpha value is -3.02. The minimum Gasteiger partial charge on any atom is -0.487 e. The highest BCUT2D eigenvalue weighted by molar-refractivity contribution is 6.34. The summed E-state index contributed by atoms with van der Waals surface area (Å²) < 4.78 is 7.19. The summed E-state index contributed by atoms with van der Waals surface area (Å²) >= 11 is 12.4. The summed E-state index contributed by atoms with van der Waals surface area (Å²) in [4.78, 5) is 23.6. The molecule has 0 unspecified atom stereocenters. The van der Waals surface area contributed by atoms with Gasteiger partial charge in [-0.05, 0) is 54.0 Å². The molecule has 0 spiro atoms. The minimum atomic E-state index is -1.00. The first-order valence-corrected chi connectivity index (χ1v) is 9.97. The van der Waals surface area contributed by atoms with Crippen LogP contribution in [0.5, 0.6) is 5.75 Å². The van der Waals surface area contributed by atoms with E-state index in [1.165, 1.54) is 29.0 Å². The number of carboxylic acid groups (broad SMARTS) is 1. The number of pyridine rings is 1. The van der Waals surface area contributed by atoms with Crippen LogP contribution in [-0.4, -0.2) is 15.6 Å². The van der Waals surface area contributed by atoms with Crippen LogP contribution in [0, 0.1) is 0 Å². The van der Waals surface area contributed by atoms with Crippen molar-refractivity contribution in [1.82, 2.24) is 4.57 Å². The van der Waals surface area contributed by atoms with Crippen molar-refractivity contribution in [1.29, 1.82) is 0 Å². The number of aryl methyl sites for hydroxylation is 1. The van der Waals surface area contributed by atoms with E-state index in [9.17, 15) is 9.59 Å². The quantitative estimate of drug-likeness (QED) is 0.514. The van der Waals surface area contributed by atoms with E-state index in [2.05, 4.69) is 6.92 Å². The molecule has 0 amide bonds. The van der Waals surface area contributed by atoms with E-state index in [1.807, 2.05) is 24.3 Å². The lowest BCUT2D eigenvalue weighted by molar-refractivity contribution is 0.0697. The number of halogens is 2. The van der Waals surface area contributed by atoms with Gasteiger partial charge in [-0.25, -0.2) is 4.79 Å². The van der Waals surface area contributed by atoms with E-state index in [0.29, 0.717) is 22.0 Å². The number of carbonyl (C=O) groups is 1. The molecule has 2 aromatic carbocycles. The van der Waals surface area contributed by atoms with Crippen LogP contribution < -0.4 is 10.3 Å². The maximum absolute atomic E-state index is 12.6. The number of aromatic nitrogens is 1. The highest BCUT2D eigenvalue weighted by Gasteiger charge is 2.12. The molecule has 0 aliphatic heterocycles. The summed E-state index contributed by atoms with van der Waals surface area (Å²) in [6.07, 6.45) is 4.09. The number of rotatable bonds is 7. The van der Waals surface area contributed by atoms with Crippen LogP contribution in [0.4, 0.5) is 0 Å². The van der Waals surface area contributed by atoms with Crippen LogP contribution >= 0.6 is 23.2 Å². The van der Waals surface area contributed by atoms with Crippen LogP contribution in [0.1, 0.15) is 34.1 Å². The van der Waals surface area contributed by atoms with Gasteiger partial charge in [0.1, 0.15) is 17.4 Å². The third kappa shape index (κ3) is 5.12. The second-order valence-electron chi connectivity index (χ2n) is 6.49. The Morgan fingerprint density at radius 3 is 2.50 bits per heavy atom. The van der Waals surface area contributed by atoms with Gasteiger partial charge >= 0.3 is 5.97 Å². The van der Waals surface area contributed by atoms with Crippen LogP contribution in [-0.2, 0) is 13.0 Å². The first kappa shape index (κ1) is 21.7. The minimum absolute atomic E-state index is 0.0115. The zero-order valence-corrected chi connectivity index (χ0v) is 17.7. The monoisotopic (exact) mass is 443 g/mol. The molecule has 0 bridgehead atoms. The molecule has 3 aromatic rings. The van der Waals surface area contributed by atoms with Crippen molar-refractivity contribution in [3.63, 3.8) is 0 Å². The fourth-order valence-corrected chi connectivity index (χ4v) is 3.32. The lowest BCUT2D eigenvalue weighted by Gasteiger charge is -2.13. The van der Waals surface area contributed by atoms with Crippen LogP contribution in [0.15, 0.2) is 59.4 Å². The van der Waals surface area contributed by atoms with Gasteiger partial charge in [0.2, 0.25) is 0 Å². The fraction of sp³-hybridized carbons (Fsp3) is 0.130.